The van der Waals surface area contributed by atoms with Crippen molar-refractivity contribution in [1.29, 1.82) is 10.5 Å². The van der Waals surface area contributed by atoms with Crippen LogP contribution in [0.1, 0.15) is 0 Å². The van der Waals surface area contributed by atoms with E-state index in [1.807, 2.05) is 0 Å². The summed E-state index contributed by atoms with van der Waals surface area (Å²) < 4.78 is 1.22. The smallest absolute Gasteiger partial charge is 0.328 e. The molecule has 0 saturated carbocycles. The zero-order valence-corrected chi connectivity index (χ0v) is 7.88. The molecule has 0 amide bonds. The van der Waals surface area contributed by atoms with Gasteiger partial charge in [0.25, 0.3) is 0 Å². The normalized spacial score (nSPS) is 10.8. The molecule has 0 unspecified atom stereocenters. The molecule has 0 spiro atoms. The Bertz CT molecular complexity index is 487. The second-order valence-electron chi connectivity index (χ2n) is 2.60. The molecule has 0 aliphatic carbocycles. The summed E-state index contributed by atoms with van der Waals surface area (Å²) in [4.78, 5) is 3.98. The van der Waals surface area contributed by atoms with E-state index in [4.69, 9.17) is 16.3 Å². The fraction of sp³-hybridized carbons (Fsp3) is 0. The van der Waals surface area contributed by atoms with E-state index in [9.17, 15) is 0 Å². The minimum absolute atomic E-state index is 0.0174. The number of nitriles is 2. The monoisotopic (exact) mass is 198 g/mol. The van der Waals surface area contributed by atoms with E-state index in [1.54, 1.807) is 36.5 Å². The Morgan fingerprint density at radius 1 is 1.40 bits per heavy atom. The largest absolute Gasteiger partial charge is 0.386 e. The first kappa shape index (κ1) is 10.4. The number of nitrogens with two attached hydrogens (primary N) is 1. The van der Waals surface area contributed by atoms with E-state index in [2.05, 4.69) is 11.7 Å². The zero-order chi connectivity index (χ0) is 11.3. The molecule has 1 aromatic heterocycles. The second kappa shape index (κ2) is 4.54. The zero-order valence-electron chi connectivity index (χ0n) is 7.88. The highest BCUT2D eigenvalue weighted by Gasteiger charge is 2.15. The lowest BCUT2D eigenvalue weighted by Gasteiger charge is -1.98. The highest BCUT2D eigenvalue weighted by atomic mass is 15.1. The van der Waals surface area contributed by atoms with Gasteiger partial charge in [-0.25, -0.2) is 0 Å². The van der Waals surface area contributed by atoms with E-state index in [1.165, 1.54) is 4.58 Å². The molecule has 1 heterocycles. The van der Waals surface area contributed by atoms with Crippen LogP contribution in [-0.2, 0) is 0 Å². The number of aromatic nitrogens is 1. The summed E-state index contributed by atoms with van der Waals surface area (Å²) in [6.45, 7) is 3.61. The van der Waals surface area contributed by atoms with Crippen LogP contribution in [0.25, 0.3) is 0 Å². The Labute approximate surface area is 87.0 Å². The quantitative estimate of drug-likeness (QED) is 0.429. The Balaban J connectivity index is 3.18. The molecule has 0 radical (unpaired) electrons. The van der Waals surface area contributed by atoms with E-state index in [-0.39, 0.29) is 11.4 Å². The summed E-state index contributed by atoms with van der Waals surface area (Å²) >= 11 is 0. The summed E-state index contributed by atoms with van der Waals surface area (Å²) in [6.07, 6.45) is 1.56. The van der Waals surface area contributed by atoms with Crippen molar-refractivity contribution < 1.29 is 4.58 Å². The first-order valence-corrected chi connectivity index (χ1v) is 4.02. The van der Waals surface area contributed by atoms with Crippen LogP contribution in [0.5, 0.6) is 0 Å². The molecule has 5 heteroatoms. The van der Waals surface area contributed by atoms with Gasteiger partial charge in [-0.15, -0.1) is 0 Å². The minimum Gasteiger partial charge on any atom is -0.386 e. The highest BCUT2D eigenvalue weighted by Crippen LogP contribution is 2.11. The van der Waals surface area contributed by atoms with Gasteiger partial charge in [0.1, 0.15) is 18.3 Å². The van der Waals surface area contributed by atoms with Gasteiger partial charge in [0, 0.05) is 6.07 Å². The predicted molar refractivity (Wildman–Crippen MR) is 53.7 cm³/mol. The van der Waals surface area contributed by atoms with Gasteiger partial charge in [-0.05, 0) is 11.1 Å². The first-order chi connectivity index (χ1) is 7.20. The molecule has 0 fully saturated rings. The summed E-state index contributed by atoms with van der Waals surface area (Å²) in [7, 11) is 0. The molecule has 0 aromatic carbocycles. The molecule has 0 aliphatic rings. The van der Waals surface area contributed by atoms with Gasteiger partial charge in [0.05, 0.1) is 6.72 Å². The van der Waals surface area contributed by atoms with Crippen LogP contribution in [0.4, 0.5) is 5.82 Å². The van der Waals surface area contributed by atoms with Crippen LogP contribution in [0, 0.1) is 22.7 Å². The number of pyridine rings is 1. The van der Waals surface area contributed by atoms with Crippen LogP contribution in [0.3, 0.4) is 0 Å². The third-order valence-corrected chi connectivity index (χ3v) is 1.68. The number of hydrogen-bond donors (Lipinski definition) is 1. The molecule has 15 heavy (non-hydrogen) atoms. The van der Waals surface area contributed by atoms with Crippen LogP contribution in [0.15, 0.2) is 35.8 Å². The summed E-state index contributed by atoms with van der Waals surface area (Å²) in [5.41, 5.74) is 5.15. The Kier molecular flexibility index (Phi) is 3.15. The van der Waals surface area contributed by atoms with Crippen molar-refractivity contribution in [2.24, 2.45) is 5.73 Å². The summed E-state index contributed by atoms with van der Waals surface area (Å²) in [5, 5.41) is 17.4. The SMILES string of the molecule is C=[N+](C(C#N)=C(N)C#N)c1ccccn1. The Morgan fingerprint density at radius 2 is 2.13 bits per heavy atom. The fourth-order valence-corrected chi connectivity index (χ4v) is 0.947. The van der Waals surface area contributed by atoms with Crippen molar-refractivity contribution >= 4 is 12.5 Å². The van der Waals surface area contributed by atoms with E-state index >= 15 is 0 Å². The Morgan fingerprint density at radius 3 is 2.60 bits per heavy atom. The maximum atomic E-state index is 8.81. The maximum Gasteiger partial charge on any atom is 0.328 e. The number of nitrogens with zero attached hydrogens (tertiary/aromatic N) is 4. The third-order valence-electron chi connectivity index (χ3n) is 1.68. The number of allylic oxidation sites excluding steroid dienone is 2. The van der Waals surface area contributed by atoms with Gasteiger partial charge < -0.3 is 5.73 Å². The van der Waals surface area contributed by atoms with Crippen molar-refractivity contribution in [2.45, 2.75) is 0 Å². The number of rotatable bonds is 2. The van der Waals surface area contributed by atoms with Gasteiger partial charge in [0.15, 0.2) is 5.70 Å². The van der Waals surface area contributed by atoms with Gasteiger partial charge in [0.2, 0.25) is 5.70 Å². The van der Waals surface area contributed by atoms with Crippen LogP contribution in [-0.4, -0.2) is 16.3 Å². The minimum atomic E-state index is -0.182. The number of hydrogen-bond acceptors (Lipinski definition) is 4. The molecule has 0 saturated heterocycles. The third kappa shape index (κ3) is 2.17. The molecule has 1 rings (SSSR count). The van der Waals surface area contributed by atoms with Crippen molar-refractivity contribution in [1.82, 2.24) is 4.98 Å². The molecule has 2 N–H and O–H groups in total. The molecule has 1 aromatic rings. The molecule has 72 valence electrons. The lowest BCUT2D eigenvalue weighted by atomic mass is 10.3. The molecular formula is C10H8N5+. The van der Waals surface area contributed by atoms with Gasteiger partial charge in [-0.3, -0.25) is 0 Å². The van der Waals surface area contributed by atoms with E-state index in [0.29, 0.717) is 5.82 Å². The summed E-state index contributed by atoms with van der Waals surface area (Å²) in [5.74, 6) is 0.451. The summed E-state index contributed by atoms with van der Waals surface area (Å²) in [6, 6.07) is 8.65. The maximum absolute atomic E-state index is 8.81. The average molecular weight is 198 g/mol. The molecule has 5 nitrogen and oxygen atoms in total. The second-order valence-corrected chi connectivity index (χ2v) is 2.60. The van der Waals surface area contributed by atoms with Crippen molar-refractivity contribution in [3.63, 3.8) is 0 Å². The van der Waals surface area contributed by atoms with Crippen molar-refractivity contribution in [3.8, 4) is 12.1 Å². The molecule has 0 atom stereocenters. The fourth-order valence-electron chi connectivity index (χ4n) is 0.947. The average Bonchev–Trinajstić information content (AvgIpc) is 2.30. The van der Waals surface area contributed by atoms with Gasteiger partial charge in [-0.1, -0.05) is 6.07 Å². The van der Waals surface area contributed by atoms with E-state index < -0.39 is 0 Å². The standard InChI is InChI=1S/C10H8N5/c1-15(9(7-12)8(13)6-11)10-4-2-3-5-14-10/h2-5H,1,13H2/q+1. The van der Waals surface area contributed by atoms with Crippen molar-refractivity contribution in [2.75, 3.05) is 0 Å². The predicted octanol–water partition coefficient (Wildman–Crippen LogP) is 0.644. The molecule has 0 aliphatic heterocycles. The lowest BCUT2D eigenvalue weighted by molar-refractivity contribution is -0.371. The van der Waals surface area contributed by atoms with Crippen LogP contribution < -0.4 is 5.73 Å². The van der Waals surface area contributed by atoms with Crippen LogP contribution >= 0.6 is 0 Å². The van der Waals surface area contributed by atoms with Crippen molar-refractivity contribution in [3.05, 3.63) is 35.8 Å². The Hall–Kier alpha value is -2.66. The van der Waals surface area contributed by atoms with Crippen LogP contribution in [0.2, 0.25) is 0 Å². The highest BCUT2D eigenvalue weighted by molar-refractivity contribution is 5.37. The van der Waals surface area contributed by atoms with E-state index in [0.717, 1.165) is 0 Å². The topological polar surface area (TPSA) is 89.5 Å². The molecule has 0 bridgehead atoms. The van der Waals surface area contributed by atoms with Gasteiger partial charge >= 0.3 is 5.82 Å². The molecular weight excluding hydrogens is 190 g/mol. The van der Waals surface area contributed by atoms with Gasteiger partial charge in [-0.2, -0.15) is 15.1 Å². The lowest BCUT2D eigenvalue weighted by Crippen LogP contribution is -2.09. The first-order valence-electron chi connectivity index (χ1n) is 4.02.